The second-order valence-electron chi connectivity index (χ2n) is 5.35. The third kappa shape index (κ3) is 5.70. The molecule has 1 aliphatic carbocycles. The van der Waals surface area contributed by atoms with Crippen molar-refractivity contribution in [3.8, 4) is 0 Å². The lowest BCUT2D eigenvalue weighted by Crippen LogP contribution is -2.42. The zero-order valence-electron chi connectivity index (χ0n) is 12.9. The maximum Gasteiger partial charge on any atom is 0.191 e. The minimum atomic E-state index is -0.799. The van der Waals surface area contributed by atoms with Crippen LogP contribution in [0.2, 0.25) is 0 Å². The summed E-state index contributed by atoms with van der Waals surface area (Å²) in [6.07, 6.45) is 5.24. The number of hydrogen-bond donors (Lipinski definition) is 2. The zero-order chi connectivity index (χ0) is 15.1. The molecule has 0 saturated heterocycles. The molecule has 0 radical (unpaired) electrons. The van der Waals surface area contributed by atoms with Crippen molar-refractivity contribution in [1.29, 1.82) is 0 Å². The molecule has 1 fully saturated rings. The first-order valence-corrected chi connectivity index (χ1v) is 7.68. The highest BCUT2D eigenvalue weighted by molar-refractivity contribution is 14.0. The largest absolute Gasteiger partial charge is 0.357 e. The first-order valence-electron chi connectivity index (χ1n) is 7.68. The van der Waals surface area contributed by atoms with Crippen molar-refractivity contribution >= 4 is 29.9 Å². The maximum absolute atomic E-state index is 13.5. The van der Waals surface area contributed by atoms with Crippen molar-refractivity contribution in [3.05, 3.63) is 35.4 Å². The fourth-order valence-corrected chi connectivity index (χ4v) is 2.61. The molecule has 2 N–H and O–H groups in total. The fraction of sp³-hybridized carbons (Fsp3) is 0.562. The van der Waals surface area contributed by atoms with Gasteiger partial charge in [0.15, 0.2) is 17.6 Å². The molecule has 0 unspecified atom stereocenters. The Hall–Kier alpha value is -0.920. The standard InChI is InChI=1S/C16H23F2N3.HI/c1-2-19-16(21-13-7-3-4-8-13)20-11-10-12-6-5-9-14(17)15(12)18;/h5-6,9,13H,2-4,7-8,10-11H2,1H3,(H2,19,20,21);1H. The second kappa shape index (κ2) is 9.97. The SMILES string of the molecule is CCNC(=NCCc1cccc(F)c1F)NC1CCCC1.I. The summed E-state index contributed by atoms with van der Waals surface area (Å²) in [5.74, 6) is -0.796. The second-order valence-corrected chi connectivity index (χ2v) is 5.35. The molecule has 1 aliphatic rings. The van der Waals surface area contributed by atoms with Crippen LogP contribution >= 0.6 is 24.0 Å². The molecule has 1 aromatic rings. The van der Waals surface area contributed by atoms with Crippen molar-refractivity contribution in [2.45, 2.75) is 45.1 Å². The van der Waals surface area contributed by atoms with Crippen molar-refractivity contribution < 1.29 is 8.78 Å². The molecular weight excluding hydrogens is 399 g/mol. The summed E-state index contributed by atoms with van der Waals surface area (Å²) in [7, 11) is 0. The molecule has 0 spiro atoms. The summed E-state index contributed by atoms with van der Waals surface area (Å²) in [4.78, 5) is 4.45. The van der Waals surface area contributed by atoms with E-state index in [-0.39, 0.29) is 24.0 Å². The molecule has 2 rings (SSSR count). The highest BCUT2D eigenvalue weighted by Crippen LogP contribution is 2.17. The summed E-state index contributed by atoms with van der Waals surface area (Å²) >= 11 is 0. The van der Waals surface area contributed by atoms with Crippen LogP contribution in [0.5, 0.6) is 0 Å². The van der Waals surface area contributed by atoms with Gasteiger partial charge in [-0.15, -0.1) is 24.0 Å². The van der Waals surface area contributed by atoms with Crippen molar-refractivity contribution in [1.82, 2.24) is 10.6 Å². The first-order chi connectivity index (χ1) is 10.2. The maximum atomic E-state index is 13.5. The normalized spacial score (nSPS) is 15.5. The van der Waals surface area contributed by atoms with Gasteiger partial charge in [0, 0.05) is 19.1 Å². The van der Waals surface area contributed by atoms with E-state index in [1.54, 1.807) is 6.07 Å². The predicted molar refractivity (Wildman–Crippen MR) is 96.8 cm³/mol. The lowest BCUT2D eigenvalue weighted by atomic mass is 10.1. The van der Waals surface area contributed by atoms with Crippen LogP contribution in [0.4, 0.5) is 8.78 Å². The average molecular weight is 423 g/mol. The Kier molecular flexibility index (Phi) is 8.67. The highest BCUT2D eigenvalue weighted by atomic mass is 127. The van der Waals surface area contributed by atoms with Crippen LogP contribution in [0, 0.1) is 11.6 Å². The molecule has 0 aromatic heterocycles. The van der Waals surface area contributed by atoms with Crippen LogP contribution < -0.4 is 10.6 Å². The van der Waals surface area contributed by atoms with Gasteiger partial charge in [0.2, 0.25) is 0 Å². The molecule has 22 heavy (non-hydrogen) atoms. The molecule has 1 saturated carbocycles. The summed E-state index contributed by atoms with van der Waals surface area (Å²) < 4.78 is 26.7. The molecule has 0 aliphatic heterocycles. The third-order valence-corrected chi connectivity index (χ3v) is 3.72. The Bertz CT molecular complexity index is 488. The van der Waals surface area contributed by atoms with E-state index in [0.29, 0.717) is 24.6 Å². The number of rotatable bonds is 5. The van der Waals surface area contributed by atoms with E-state index in [1.165, 1.54) is 31.7 Å². The van der Waals surface area contributed by atoms with Crippen LogP contribution in [0.1, 0.15) is 38.2 Å². The Morgan fingerprint density at radius 3 is 2.68 bits per heavy atom. The van der Waals surface area contributed by atoms with Crippen molar-refractivity contribution in [2.24, 2.45) is 4.99 Å². The van der Waals surface area contributed by atoms with Crippen LogP contribution in [0.25, 0.3) is 0 Å². The first kappa shape index (κ1) is 19.1. The van der Waals surface area contributed by atoms with Gasteiger partial charge >= 0.3 is 0 Å². The van der Waals surface area contributed by atoms with E-state index in [2.05, 4.69) is 15.6 Å². The van der Waals surface area contributed by atoms with Gasteiger partial charge in [0.1, 0.15) is 0 Å². The summed E-state index contributed by atoms with van der Waals surface area (Å²) in [5, 5.41) is 6.59. The van der Waals surface area contributed by atoms with Gasteiger partial charge in [-0.25, -0.2) is 8.78 Å². The lowest BCUT2D eigenvalue weighted by molar-refractivity contribution is 0.499. The number of halogens is 3. The lowest BCUT2D eigenvalue weighted by Gasteiger charge is -2.16. The van der Waals surface area contributed by atoms with E-state index in [9.17, 15) is 8.78 Å². The van der Waals surface area contributed by atoms with E-state index >= 15 is 0 Å². The van der Waals surface area contributed by atoms with E-state index in [0.717, 1.165) is 18.6 Å². The Morgan fingerprint density at radius 2 is 2.00 bits per heavy atom. The number of hydrogen-bond acceptors (Lipinski definition) is 1. The van der Waals surface area contributed by atoms with Crippen LogP contribution in [-0.2, 0) is 6.42 Å². The van der Waals surface area contributed by atoms with Crippen LogP contribution in [0.3, 0.4) is 0 Å². The summed E-state index contributed by atoms with van der Waals surface area (Å²) in [5.41, 5.74) is 0.371. The van der Waals surface area contributed by atoms with Gasteiger partial charge < -0.3 is 10.6 Å². The number of guanidine groups is 1. The Labute approximate surface area is 148 Å². The van der Waals surface area contributed by atoms with E-state index in [4.69, 9.17) is 0 Å². The van der Waals surface area contributed by atoms with E-state index < -0.39 is 11.6 Å². The zero-order valence-corrected chi connectivity index (χ0v) is 15.2. The number of benzene rings is 1. The molecule has 0 amide bonds. The highest BCUT2D eigenvalue weighted by Gasteiger charge is 2.15. The molecular formula is C16H24F2IN3. The topological polar surface area (TPSA) is 36.4 Å². The minimum Gasteiger partial charge on any atom is -0.357 e. The van der Waals surface area contributed by atoms with Crippen molar-refractivity contribution in [3.63, 3.8) is 0 Å². The van der Waals surface area contributed by atoms with Gasteiger partial charge in [-0.3, -0.25) is 4.99 Å². The predicted octanol–water partition coefficient (Wildman–Crippen LogP) is 3.62. The average Bonchev–Trinajstić information content (AvgIpc) is 2.96. The van der Waals surface area contributed by atoms with Crippen molar-refractivity contribution in [2.75, 3.05) is 13.1 Å². The van der Waals surface area contributed by atoms with Gasteiger partial charge in [-0.1, -0.05) is 25.0 Å². The third-order valence-electron chi connectivity index (χ3n) is 3.72. The number of aliphatic imine (C=N–C) groups is 1. The van der Waals surface area contributed by atoms with Crippen LogP contribution in [-0.4, -0.2) is 25.1 Å². The molecule has 3 nitrogen and oxygen atoms in total. The van der Waals surface area contributed by atoms with Gasteiger partial charge in [0.05, 0.1) is 0 Å². The Morgan fingerprint density at radius 1 is 1.27 bits per heavy atom. The van der Waals surface area contributed by atoms with Gasteiger partial charge in [-0.2, -0.15) is 0 Å². The number of nitrogens with zero attached hydrogens (tertiary/aromatic N) is 1. The van der Waals surface area contributed by atoms with Gasteiger partial charge in [-0.05, 0) is 37.8 Å². The minimum absolute atomic E-state index is 0. The molecule has 0 heterocycles. The Balaban J connectivity index is 0.00000242. The molecule has 124 valence electrons. The summed E-state index contributed by atoms with van der Waals surface area (Å²) in [6, 6.07) is 4.74. The quantitative estimate of drug-likeness (QED) is 0.431. The smallest absolute Gasteiger partial charge is 0.191 e. The van der Waals surface area contributed by atoms with Crippen LogP contribution in [0.15, 0.2) is 23.2 Å². The molecule has 0 atom stereocenters. The molecule has 0 bridgehead atoms. The fourth-order valence-electron chi connectivity index (χ4n) is 2.61. The van der Waals surface area contributed by atoms with E-state index in [1.807, 2.05) is 6.92 Å². The van der Waals surface area contributed by atoms with Gasteiger partial charge in [0.25, 0.3) is 0 Å². The monoisotopic (exact) mass is 423 g/mol. The summed E-state index contributed by atoms with van der Waals surface area (Å²) in [6.45, 7) is 3.23. The molecule has 6 heteroatoms. The number of nitrogens with one attached hydrogen (secondary N) is 2. The molecule has 1 aromatic carbocycles.